The second-order valence-electron chi connectivity index (χ2n) is 4.89. The number of piperazine rings is 1. The number of aromatic nitrogens is 1. The molecule has 20 heavy (non-hydrogen) atoms. The molecule has 8 heteroatoms. The molecule has 2 rings (SSSR count). The first-order valence-electron chi connectivity index (χ1n) is 6.19. The summed E-state index contributed by atoms with van der Waals surface area (Å²) in [6, 6.07) is 1.25. The molecule has 1 aliphatic heterocycles. The number of rotatable bonds is 2. The summed E-state index contributed by atoms with van der Waals surface area (Å²) in [6.45, 7) is 3.93. The molecule has 0 spiro atoms. The van der Waals surface area contributed by atoms with E-state index in [2.05, 4.69) is 9.88 Å². The smallest absolute Gasteiger partial charge is 0.300 e. The Kier molecular flexibility index (Phi) is 4.20. The van der Waals surface area contributed by atoms with Gasteiger partial charge in [0.2, 0.25) is 0 Å². The molecule has 1 amide bonds. The molecule has 1 atom stereocenters. The molecule has 1 saturated heterocycles. The minimum absolute atomic E-state index is 0.00667. The van der Waals surface area contributed by atoms with Crippen molar-refractivity contribution in [3.63, 3.8) is 0 Å². The largest absolute Gasteiger partial charge is 0.333 e. The summed E-state index contributed by atoms with van der Waals surface area (Å²) in [4.78, 5) is 30.3. The van der Waals surface area contributed by atoms with Crippen LogP contribution in [0.25, 0.3) is 0 Å². The number of likely N-dealkylation sites (N-methyl/N-ethyl adjacent to an activating group) is 1. The van der Waals surface area contributed by atoms with Gasteiger partial charge in [-0.05, 0) is 20.0 Å². The standard InChI is InChI=1S/C12H15ClN4O3/c1-8-7-15(2)3-4-16(8)12(18)9-5-11(13)14-6-10(9)17(19)20/h5-6,8H,3-4,7H2,1-2H3. The van der Waals surface area contributed by atoms with Crippen LogP contribution in [0.15, 0.2) is 12.3 Å². The molecule has 108 valence electrons. The van der Waals surface area contributed by atoms with Gasteiger partial charge < -0.3 is 9.80 Å². The van der Waals surface area contributed by atoms with Gasteiger partial charge in [-0.1, -0.05) is 11.6 Å². The van der Waals surface area contributed by atoms with E-state index in [9.17, 15) is 14.9 Å². The lowest BCUT2D eigenvalue weighted by atomic mass is 10.1. The van der Waals surface area contributed by atoms with Crippen molar-refractivity contribution in [3.05, 3.63) is 33.1 Å². The number of carbonyl (C=O) groups excluding carboxylic acids is 1. The quantitative estimate of drug-likeness (QED) is 0.469. The first-order valence-corrected chi connectivity index (χ1v) is 6.57. The van der Waals surface area contributed by atoms with E-state index in [-0.39, 0.29) is 28.4 Å². The number of halogens is 1. The van der Waals surface area contributed by atoms with Gasteiger partial charge >= 0.3 is 0 Å². The monoisotopic (exact) mass is 298 g/mol. The summed E-state index contributed by atoms with van der Waals surface area (Å²) in [5, 5.41) is 11.1. The minimum Gasteiger partial charge on any atom is -0.333 e. The highest BCUT2D eigenvalue weighted by molar-refractivity contribution is 6.29. The van der Waals surface area contributed by atoms with Crippen LogP contribution in [-0.4, -0.2) is 58.3 Å². The third kappa shape index (κ3) is 2.88. The lowest BCUT2D eigenvalue weighted by Gasteiger charge is -2.38. The van der Waals surface area contributed by atoms with E-state index in [1.54, 1.807) is 4.90 Å². The molecule has 1 aliphatic rings. The number of nitrogens with zero attached hydrogens (tertiary/aromatic N) is 4. The Morgan fingerprint density at radius 2 is 2.25 bits per heavy atom. The van der Waals surface area contributed by atoms with Crippen LogP contribution in [0.1, 0.15) is 17.3 Å². The fourth-order valence-corrected chi connectivity index (χ4v) is 2.49. The molecule has 7 nitrogen and oxygen atoms in total. The van der Waals surface area contributed by atoms with Crippen LogP contribution in [0.2, 0.25) is 5.15 Å². The van der Waals surface area contributed by atoms with Gasteiger partial charge in [-0.3, -0.25) is 14.9 Å². The Labute approximate surface area is 121 Å². The van der Waals surface area contributed by atoms with Crippen molar-refractivity contribution in [1.82, 2.24) is 14.8 Å². The summed E-state index contributed by atoms with van der Waals surface area (Å²) in [7, 11) is 1.98. The van der Waals surface area contributed by atoms with Gasteiger partial charge in [0.05, 0.1) is 4.92 Å². The predicted molar refractivity (Wildman–Crippen MR) is 73.9 cm³/mol. The molecular formula is C12H15ClN4O3. The minimum atomic E-state index is -0.614. The van der Waals surface area contributed by atoms with Crippen LogP contribution >= 0.6 is 11.6 Å². The summed E-state index contributed by atoms with van der Waals surface area (Å²) in [5.41, 5.74) is -0.322. The fraction of sp³-hybridized carbons (Fsp3) is 0.500. The summed E-state index contributed by atoms with van der Waals surface area (Å²) in [6.07, 6.45) is 1.02. The SMILES string of the molecule is CC1CN(C)CCN1C(=O)c1cc(Cl)ncc1[N+](=O)[O-]. The van der Waals surface area contributed by atoms with Crippen LogP contribution in [0.3, 0.4) is 0 Å². The molecule has 0 aliphatic carbocycles. The van der Waals surface area contributed by atoms with E-state index in [1.807, 2.05) is 14.0 Å². The van der Waals surface area contributed by atoms with E-state index >= 15 is 0 Å². The zero-order valence-corrected chi connectivity index (χ0v) is 12.0. The summed E-state index contributed by atoms with van der Waals surface area (Å²) in [5.74, 6) is -0.374. The van der Waals surface area contributed by atoms with Gasteiger partial charge in [-0.25, -0.2) is 4.98 Å². The van der Waals surface area contributed by atoms with Gasteiger partial charge in [0.25, 0.3) is 11.6 Å². The van der Waals surface area contributed by atoms with Crippen molar-refractivity contribution >= 4 is 23.2 Å². The molecular weight excluding hydrogens is 284 g/mol. The fourth-order valence-electron chi connectivity index (χ4n) is 2.34. The van der Waals surface area contributed by atoms with E-state index in [4.69, 9.17) is 11.6 Å². The maximum Gasteiger partial charge on any atom is 0.300 e. The molecule has 1 aromatic heterocycles. The van der Waals surface area contributed by atoms with Crippen molar-refractivity contribution in [1.29, 1.82) is 0 Å². The zero-order chi connectivity index (χ0) is 14.9. The third-order valence-electron chi connectivity index (χ3n) is 3.37. The van der Waals surface area contributed by atoms with Crippen molar-refractivity contribution in [3.8, 4) is 0 Å². The lowest BCUT2D eigenvalue weighted by molar-refractivity contribution is -0.385. The molecule has 1 unspecified atom stereocenters. The number of hydrogen-bond acceptors (Lipinski definition) is 5. The van der Waals surface area contributed by atoms with E-state index < -0.39 is 4.92 Å². The number of amides is 1. The van der Waals surface area contributed by atoms with Gasteiger partial charge in [0.15, 0.2) is 0 Å². The van der Waals surface area contributed by atoms with Crippen molar-refractivity contribution in [2.45, 2.75) is 13.0 Å². The first-order chi connectivity index (χ1) is 9.40. The molecule has 1 fully saturated rings. The number of hydrogen-bond donors (Lipinski definition) is 0. The highest BCUT2D eigenvalue weighted by atomic mass is 35.5. The van der Waals surface area contributed by atoms with Gasteiger partial charge in [-0.15, -0.1) is 0 Å². The Morgan fingerprint density at radius 1 is 1.55 bits per heavy atom. The van der Waals surface area contributed by atoms with Crippen LogP contribution in [-0.2, 0) is 0 Å². The highest BCUT2D eigenvalue weighted by Crippen LogP contribution is 2.23. The first kappa shape index (κ1) is 14.7. The topological polar surface area (TPSA) is 79.6 Å². The maximum atomic E-state index is 12.5. The predicted octanol–water partition coefficient (Wildman–Crippen LogP) is 1.42. The molecule has 0 N–H and O–H groups in total. The Hall–Kier alpha value is -1.73. The van der Waals surface area contributed by atoms with Crippen molar-refractivity contribution < 1.29 is 9.72 Å². The van der Waals surface area contributed by atoms with E-state index in [0.717, 1.165) is 19.3 Å². The average molecular weight is 299 g/mol. The Balaban J connectivity index is 2.33. The highest BCUT2D eigenvalue weighted by Gasteiger charge is 2.31. The normalized spacial score (nSPS) is 19.9. The van der Waals surface area contributed by atoms with E-state index in [0.29, 0.717) is 6.54 Å². The van der Waals surface area contributed by atoms with Gasteiger partial charge in [-0.2, -0.15) is 0 Å². The zero-order valence-electron chi connectivity index (χ0n) is 11.2. The second-order valence-corrected chi connectivity index (χ2v) is 5.28. The summed E-state index contributed by atoms with van der Waals surface area (Å²) < 4.78 is 0. The molecule has 1 aromatic rings. The van der Waals surface area contributed by atoms with Crippen molar-refractivity contribution in [2.75, 3.05) is 26.7 Å². The summed E-state index contributed by atoms with van der Waals surface area (Å²) >= 11 is 5.75. The molecule has 0 bridgehead atoms. The van der Waals surface area contributed by atoms with Crippen LogP contribution < -0.4 is 0 Å². The van der Waals surface area contributed by atoms with Crippen molar-refractivity contribution in [2.24, 2.45) is 0 Å². The Morgan fingerprint density at radius 3 is 2.85 bits per heavy atom. The van der Waals surface area contributed by atoms with Gasteiger partial charge in [0, 0.05) is 25.7 Å². The number of nitro groups is 1. The molecule has 0 aromatic carbocycles. The molecule has 2 heterocycles. The van der Waals surface area contributed by atoms with Gasteiger partial charge in [0.1, 0.15) is 16.9 Å². The van der Waals surface area contributed by atoms with Crippen LogP contribution in [0.4, 0.5) is 5.69 Å². The second kappa shape index (κ2) is 5.72. The van der Waals surface area contributed by atoms with E-state index in [1.165, 1.54) is 6.07 Å². The Bertz CT molecular complexity index is 552. The lowest BCUT2D eigenvalue weighted by Crippen LogP contribution is -2.52. The third-order valence-corrected chi connectivity index (χ3v) is 3.57. The average Bonchev–Trinajstić information content (AvgIpc) is 2.37. The number of pyridine rings is 1. The number of carbonyl (C=O) groups is 1. The van der Waals surface area contributed by atoms with Crippen LogP contribution in [0.5, 0.6) is 0 Å². The van der Waals surface area contributed by atoms with Crippen LogP contribution in [0, 0.1) is 10.1 Å². The molecule has 0 saturated carbocycles. The maximum absolute atomic E-state index is 12.5. The molecule has 0 radical (unpaired) electrons.